The molecule has 0 aliphatic rings. The summed E-state index contributed by atoms with van der Waals surface area (Å²) in [6, 6.07) is 8.89. The van der Waals surface area contributed by atoms with Gasteiger partial charge in [-0.25, -0.2) is 9.59 Å². The normalized spacial score (nSPS) is 10.6. The summed E-state index contributed by atoms with van der Waals surface area (Å²) in [6.45, 7) is 2.61. The SMILES string of the molecule is CCOCCOCC(OOC(=O)c1cc(OC)cc(OC)c1)OOC(=O)c1cc(OC)cc(OC)c1. The van der Waals surface area contributed by atoms with Gasteiger partial charge in [0.25, 0.3) is 6.29 Å². The first-order valence-electron chi connectivity index (χ1n) is 10.8. The van der Waals surface area contributed by atoms with Crippen LogP contribution in [0.4, 0.5) is 0 Å². The van der Waals surface area contributed by atoms with Crippen LogP contribution < -0.4 is 18.9 Å². The van der Waals surface area contributed by atoms with Gasteiger partial charge in [-0.1, -0.05) is 0 Å². The van der Waals surface area contributed by atoms with Gasteiger partial charge in [0.2, 0.25) is 0 Å². The highest BCUT2D eigenvalue weighted by Crippen LogP contribution is 2.24. The quantitative estimate of drug-likeness (QED) is 0.143. The molecule has 0 unspecified atom stereocenters. The molecular weight excluding hydrogens is 480 g/mol. The Bertz CT molecular complexity index is 862. The number of carbonyl (C=O) groups excluding carboxylic acids is 2. The lowest BCUT2D eigenvalue weighted by Crippen LogP contribution is -2.27. The predicted octanol–water partition coefficient (Wildman–Crippen LogP) is 2.98. The molecule has 0 radical (unpaired) electrons. The summed E-state index contributed by atoms with van der Waals surface area (Å²) in [4.78, 5) is 44.8. The molecule has 0 spiro atoms. The van der Waals surface area contributed by atoms with Crippen molar-refractivity contribution in [1.82, 2.24) is 0 Å². The summed E-state index contributed by atoms with van der Waals surface area (Å²) in [5.41, 5.74) is 0.172. The number of methoxy groups -OCH3 is 4. The minimum absolute atomic E-state index is 0.0858. The number of carbonyl (C=O) groups is 2. The van der Waals surface area contributed by atoms with Crippen LogP contribution >= 0.6 is 0 Å². The van der Waals surface area contributed by atoms with Crippen molar-refractivity contribution >= 4 is 11.9 Å². The minimum atomic E-state index is -1.42. The molecule has 0 heterocycles. The van der Waals surface area contributed by atoms with Gasteiger partial charge in [-0.15, -0.1) is 9.78 Å². The van der Waals surface area contributed by atoms with Gasteiger partial charge in [0.05, 0.1) is 52.8 Å². The molecule has 0 saturated carbocycles. The van der Waals surface area contributed by atoms with E-state index in [-0.39, 0.29) is 24.3 Å². The Morgan fingerprint density at radius 3 is 1.39 bits per heavy atom. The van der Waals surface area contributed by atoms with Crippen molar-refractivity contribution in [2.45, 2.75) is 13.2 Å². The summed E-state index contributed by atoms with van der Waals surface area (Å²) in [6.07, 6.45) is -1.42. The maximum atomic E-state index is 12.5. The fourth-order valence-corrected chi connectivity index (χ4v) is 2.65. The molecule has 36 heavy (non-hydrogen) atoms. The van der Waals surface area contributed by atoms with E-state index in [1.165, 1.54) is 52.7 Å². The maximum Gasteiger partial charge on any atom is 0.373 e. The Balaban J connectivity index is 2.04. The molecule has 0 aliphatic carbocycles. The van der Waals surface area contributed by atoms with E-state index in [0.717, 1.165) is 0 Å². The third-order valence-corrected chi connectivity index (χ3v) is 4.47. The van der Waals surface area contributed by atoms with Crippen LogP contribution in [0.15, 0.2) is 36.4 Å². The van der Waals surface area contributed by atoms with E-state index in [9.17, 15) is 9.59 Å². The molecular formula is C24H30O12. The summed E-state index contributed by atoms with van der Waals surface area (Å²) in [5.74, 6) is -0.267. The van der Waals surface area contributed by atoms with Crippen LogP contribution in [0.1, 0.15) is 27.6 Å². The number of ether oxygens (including phenoxy) is 6. The number of rotatable bonds is 16. The van der Waals surface area contributed by atoms with Crippen molar-refractivity contribution in [3.8, 4) is 23.0 Å². The second-order valence-corrected chi connectivity index (χ2v) is 6.84. The van der Waals surface area contributed by atoms with Gasteiger partial charge in [0.15, 0.2) is 0 Å². The molecule has 12 heteroatoms. The average Bonchev–Trinajstić information content (AvgIpc) is 2.92. The van der Waals surface area contributed by atoms with E-state index in [1.807, 2.05) is 6.92 Å². The Morgan fingerprint density at radius 1 is 0.639 bits per heavy atom. The Morgan fingerprint density at radius 2 is 1.03 bits per heavy atom. The fraction of sp³-hybridized carbons (Fsp3) is 0.417. The van der Waals surface area contributed by atoms with Crippen LogP contribution in [-0.2, 0) is 29.0 Å². The molecule has 0 aromatic heterocycles. The first-order valence-corrected chi connectivity index (χ1v) is 10.8. The molecule has 198 valence electrons. The molecule has 12 nitrogen and oxygen atoms in total. The second kappa shape index (κ2) is 15.4. The zero-order valence-electron chi connectivity index (χ0n) is 20.8. The van der Waals surface area contributed by atoms with Crippen molar-refractivity contribution in [3.05, 3.63) is 47.5 Å². The van der Waals surface area contributed by atoms with E-state index in [4.69, 9.17) is 48.0 Å². The topological polar surface area (TPSA) is 126 Å². The summed E-state index contributed by atoms with van der Waals surface area (Å²) >= 11 is 0. The molecule has 0 N–H and O–H groups in total. The lowest BCUT2D eigenvalue weighted by atomic mass is 10.2. The molecule has 2 aromatic carbocycles. The minimum Gasteiger partial charge on any atom is -0.497 e. The van der Waals surface area contributed by atoms with Crippen LogP contribution in [0.25, 0.3) is 0 Å². The molecule has 0 bridgehead atoms. The summed E-state index contributed by atoms with van der Waals surface area (Å²) in [7, 11) is 5.76. The van der Waals surface area contributed by atoms with Crippen molar-refractivity contribution in [2.75, 3.05) is 54.9 Å². The fourth-order valence-electron chi connectivity index (χ4n) is 2.65. The molecule has 0 aliphatic heterocycles. The summed E-state index contributed by atoms with van der Waals surface area (Å²) in [5, 5.41) is 0. The van der Waals surface area contributed by atoms with Gasteiger partial charge in [-0.2, -0.15) is 0 Å². The first-order chi connectivity index (χ1) is 17.4. The molecule has 0 fully saturated rings. The van der Waals surface area contributed by atoms with Crippen molar-refractivity contribution in [2.24, 2.45) is 0 Å². The van der Waals surface area contributed by atoms with Crippen LogP contribution in [0, 0.1) is 0 Å². The van der Waals surface area contributed by atoms with Crippen molar-refractivity contribution in [3.63, 3.8) is 0 Å². The molecule has 2 rings (SSSR count). The third kappa shape index (κ3) is 9.23. The van der Waals surface area contributed by atoms with Gasteiger partial charge in [-0.05, 0) is 31.2 Å². The van der Waals surface area contributed by atoms with Crippen LogP contribution in [0.3, 0.4) is 0 Å². The average molecular weight is 510 g/mol. The monoisotopic (exact) mass is 510 g/mol. The van der Waals surface area contributed by atoms with E-state index in [0.29, 0.717) is 36.2 Å². The highest BCUT2D eigenvalue weighted by molar-refractivity contribution is 5.90. The van der Waals surface area contributed by atoms with Gasteiger partial charge >= 0.3 is 11.9 Å². The van der Waals surface area contributed by atoms with Crippen LogP contribution in [0.2, 0.25) is 0 Å². The molecule has 0 atom stereocenters. The smallest absolute Gasteiger partial charge is 0.373 e. The zero-order chi connectivity index (χ0) is 26.3. The lowest BCUT2D eigenvalue weighted by molar-refractivity contribution is -0.427. The standard InChI is InChI=1S/C24H30O12/c1-6-31-7-8-32-15-22(33-35-23(25)16-9-18(27-2)13-19(10-16)28-3)34-36-24(26)17-11-20(29-4)14-21(12-17)30-5/h9-14,22H,6-8,15H2,1-5H3. The zero-order valence-corrected chi connectivity index (χ0v) is 20.8. The van der Waals surface area contributed by atoms with Crippen LogP contribution in [0.5, 0.6) is 23.0 Å². The largest absolute Gasteiger partial charge is 0.497 e. The molecule has 0 amide bonds. The van der Waals surface area contributed by atoms with E-state index >= 15 is 0 Å². The number of hydrogen-bond acceptors (Lipinski definition) is 12. The summed E-state index contributed by atoms with van der Waals surface area (Å²) < 4.78 is 31.1. The van der Waals surface area contributed by atoms with Gasteiger partial charge in [-0.3, -0.25) is 9.78 Å². The highest BCUT2D eigenvalue weighted by atomic mass is 17.3. The third-order valence-electron chi connectivity index (χ3n) is 4.47. The molecule has 2 aromatic rings. The van der Waals surface area contributed by atoms with E-state index in [1.54, 1.807) is 12.1 Å². The van der Waals surface area contributed by atoms with E-state index in [2.05, 4.69) is 0 Å². The highest BCUT2D eigenvalue weighted by Gasteiger charge is 2.21. The lowest BCUT2D eigenvalue weighted by Gasteiger charge is -2.16. The second-order valence-electron chi connectivity index (χ2n) is 6.84. The van der Waals surface area contributed by atoms with Crippen molar-refractivity contribution in [1.29, 1.82) is 0 Å². The van der Waals surface area contributed by atoms with Crippen molar-refractivity contribution < 1.29 is 57.6 Å². The Labute approximate surface area is 208 Å². The maximum absolute atomic E-state index is 12.5. The van der Waals surface area contributed by atoms with Gasteiger partial charge in [0, 0.05) is 18.7 Å². The number of benzene rings is 2. The van der Waals surface area contributed by atoms with Crippen LogP contribution in [-0.4, -0.2) is 73.1 Å². The molecule has 0 saturated heterocycles. The predicted molar refractivity (Wildman–Crippen MR) is 123 cm³/mol. The van der Waals surface area contributed by atoms with E-state index < -0.39 is 18.2 Å². The Kier molecular flexibility index (Phi) is 12.3. The first kappa shape index (κ1) is 28.7. The van der Waals surface area contributed by atoms with Gasteiger partial charge < -0.3 is 28.4 Å². The number of hydrogen-bond donors (Lipinski definition) is 0. The van der Waals surface area contributed by atoms with Gasteiger partial charge in [0.1, 0.15) is 29.6 Å². The Hall–Kier alpha value is -3.58.